The topological polar surface area (TPSA) is 16.1 Å². The lowest BCUT2D eigenvalue weighted by Crippen LogP contribution is -2.54. The van der Waals surface area contributed by atoms with Crippen molar-refractivity contribution in [2.75, 3.05) is 18.0 Å². The monoisotopic (exact) mass is 274 g/mol. The Balaban J connectivity index is 0.000000704. The van der Waals surface area contributed by atoms with Gasteiger partial charge in [0.2, 0.25) is 0 Å². The molecule has 1 saturated heterocycles. The van der Waals surface area contributed by atoms with E-state index in [4.69, 9.17) is 0 Å². The predicted molar refractivity (Wildman–Crippen MR) is 87.2 cm³/mol. The van der Waals surface area contributed by atoms with E-state index in [0.29, 0.717) is 10.8 Å². The first kappa shape index (κ1) is 15.3. The van der Waals surface area contributed by atoms with Crippen LogP contribution in [0.5, 0.6) is 0 Å². The molecule has 1 aliphatic carbocycles. The van der Waals surface area contributed by atoms with Gasteiger partial charge in [0.15, 0.2) is 0 Å². The molecule has 1 aromatic rings. The second-order valence-electron chi connectivity index (χ2n) is 6.85. The smallest absolute Gasteiger partial charge is 0.128 e. The first-order valence-corrected chi connectivity index (χ1v) is 8.20. The molecule has 1 spiro atoms. The van der Waals surface area contributed by atoms with E-state index in [0.717, 1.165) is 5.82 Å². The summed E-state index contributed by atoms with van der Waals surface area (Å²) in [4.78, 5) is 7.01. The lowest BCUT2D eigenvalue weighted by atomic mass is 9.48. The lowest BCUT2D eigenvalue weighted by Gasteiger charge is -2.60. The van der Waals surface area contributed by atoms with Gasteiger partial charge in [-0.05, 0) is 55.1 Å². The minimum Gasteiger partial charge on any atom is -0.357 e. The second-order valence-corrected chi connectivity index (χ2v) is 6.85. The molecule has 3 rings (SSSR count). The number of pyridine rings is 1. The van der Waals surface area contributed by atoms with E-state index in [2.05, 4.69) is 42.8 Å². The van der Waals surface area contributed by atoms with Crippen LogP contribution in [0.1, 0.15) is 58.9 Å². The average molecular weight is 274 g/mol. The average Bonchev–Trinajstić information content (AvgIpc) is 2.49. The highest BCUT2D eigenvalue weighted by Gasteiger charge is 2.53. The second kappa shape index (κ2) is 5.75. The maximum absolute atomic E-state index is 4.56. The van der Waals surface area contributed by atoms with Crippen LogP contribution >= 0.6 is 0 Å². The van der Waals surface area contributed by atoms with Crippen LogP contribution in [-0.2, 0) is 0 Å². The first-order chi connectivity index (χ1) is 9.52. The molecule has 112 valence electrons. The molecule has 0 atom stereocenters. The molecule has 0 amide bonds. The summed E-state index contributed by atoms with van der Waals surface area (Å²) < 4.78 is 0. The maximum Gasteiger partial charge on any atom is 0.128 e. The Hall–Kier alpha value is -1.05. The predicted octanol–water partition coefficient (Wildman–Crippen LogP) is 4.82. The highest BCUT2D eigenvalue weighted by atomic mass is 15.2. The molecule has 0 N–H and O–H groups in total. The van der Waals surface area contributed by atoms with Crippen molar-refractivity contribution in [1.82, 2.24) is 4.98 Å². The van der Waals surface area contributed by atoms with E-state index in [1.54, 1.807) is 0 Å². The van der Waals surface area contributed by atoms with Crippen LogP contribution in [0.3, 0.4) is 0 Å². The molecule has 2 aliphatic rings. The molecule has 1 aromatic heterocycles. The Morgan fingerprint density at radius 3 is 2.05 bits per heavy atom. The van der Waals surface area contributed by atoms with Crippen molar-refractivity contribution in [3.63, 3.8) is 0 Å². The Bertz CT molecular complexity index is 425. The van der Waals surface area contributed by atoms with E-state index in [-0.39, 0.29) is 0 Å². The number of aromatic nitrogens is 1. The van der Waals surface area contributed by atoms with E-state index in [1.165, 1.54) is 44.3 Å². The molecule has 0 aromatic carbocycles. The highest BCUT2D eigenvalue weighted by molar-refractivity contribution is 5.40. The van der Waals surface area contributed by atoms with Gasteiger partial charge in [-0.15, -0.1) is 0 Å². The van der Waals surface area contributed by atoms with Crippen LogP contribution < -0.4 is 4.90 Å². The summed E-state index contributed by atoms with van der Waals surface area (Å²) in [5, 5.41) is 0. The molecular formula is C18H30N2. The van der Waals surface area contributed by atoms with Gasteiger partial charge in [-0.1, -0.05) is 33.8 Å². The van der Waals surface area contributed by atoms with Gasteiger partial charge in [0.1, 0.15) is 5.82 Å². The minimum atomic E-state index is 0.569. The fourth-order valence-electron chi connectivity index (χ4n) is 3.72. The Morgan fingerprint density at radius 1 is 1.00 bits per heavy atom. The van der Waals surface area contributed by atoms with Crippen LogP contribution in [0, 0.1) is 17.8 Å². The van der Waals surface area contributed by atoms with Gasteiger partial charge in [-0.2, -0.15) is 0 Å². The Labute approximate surface area is 124 Å². The van der Waals surface area contributed by atoms with Crippen molar-refractivity contribution in [3.05, 3.63) is 23.9 Å². The van der Waals surface area contributed by atoms with Crippen molar-refractivity contribution in [2.24, 2.45) is 10.8 Å². The zero-order valence-electron chi connectivity index (χ0n) is 13.9. The fraction of sp³-hybridized carbons (Fsp3) is 0.722. The summed E-state index contributed by atoms with van der Waals surface area (Å²) in [5.41, 5.74) is 2.45. The molecule has 2 heterocycles. The quantitative estimate of drug-likeness (QED) is 0.729. The van der Waals surface area contributed by atoms with Crippen LogP contribution in [-0.4, -0.2) is 18.1 Å². The third kappa shape index (κ3) is 2.57. The van der Waals surface area contributed by atoms with E-state index in [9.17, 15) is 0 Å². The molecule has 1 saturated carbocycles. The Morgan fingerprint density at radius 2 is 1.65 bits per heavy atom. The van der Waals surface area contributed by atoms with Crippen molar-refractivity contribution in [2.45, 2.75) is 60.3 Å². The van der Waals surface area contributed by atoms with E-state index >= 15 is 0 Å². The van der Waals surface area contributed by atoms with Crippen molar-refractivity contribution >= 4 is 5.82 Å². The van der Waals surface area contributed by atoms with Gasteiger partial charge in [0.05, 0.1) is 0 Å². The van der Waals surface area contributed by atoms with Gasteiger partial charge in [-0.3, -0.25) is 0 Å². The summed E-state index contributed by atoms with van der Waals surface area (Å²) >= 11 is 0. The van der Waals surface area contributed by atoms with E-state index in [1.807, 2.05) is 20.0 Å². The molecule has 1 aliphatic heterocycles. The van der Waals surface area contributed by atoms with Crippen molar-refractivity contribution < 1.29 is 0 Å². The standard InChI is InChI=1S/C16H24N2.C2H6/c1-13-4-5-14(17-12-13)18-10-8-16(9-11-18)7-6-15(16,2)3;1-2/h4-5,12H,6-11H2,1-3H3;1-2H3. The first-order valence-electron chi connectivity index (χ1n) is 8.20. The number of hydrogen-bond acceptors (Lipinski definition) is 2. The third-order valence-corrected chi connectivity index (χ3v) is 5.60. The molecule has 0 bridgehead atoms. The summed E-state index contributed by atoms with van der Waals surface area (Å²) in [7, 11) is 0. The molecule has 2 nitrogen and oxygen atoms in total. The maximum atomic E-state index is 4.56. The number of rotatable bonds is 1. The van der Waals surface area contributed by atoms with Crippen LogP contribution in [0.15, 0.2) is 18.3 Å². The number of piperidine rings is 1. The molecule has 2 heteroatoms. The largest absolute Gasteiger partial charge is 0.357 e. The normalized spacial score (nSPS) is 22.8. The van der Waals surface area contributed by atoms with Gasteiger partial charge < -0.3 is 4.90 Å². The fourth-order valence-corrected chi connectivity index (χ4v) is 3.72. The van der Waals surface area contributed by atoms with Gasteiger partial charge in [-0.25, -0.2) is 4.98 Å². The van der Waals surface area contributed by atoms with E-state index < -0.39 is 0 Å². The molecule has 0 radical (unpaired) electrons. The van der Waals surface area contributed by atoms with Crippen LogP contribution in [0.4, 0.5) is 5.82 Å². The molecule has 0 unspecified atom stereocenters. The molecular weight excluding hydrogens is 244 g/mol. The lowest BCUT2D eigenvalue weighted by molar-refractivity contribution is -0.0706. The summed E-state index contributed by atoms with van der Waals surface area (Å²) in [6, 6.07) is 4.33. The minimum absolute atomic E-state index is 0.569. The van der Waals surface area contributed by atoms with Crippen LogP contribution in [0.25, 0.3) is 0 Å². The number of aryl methyl sites for hydroxylation is 1. The number of nitrogens with zero attached hydrogens (tertiary/aromatic N) is 2. The summed E-state index contributed by atoms with van der Waals surface area (Å²) in [6.45, 7) is 13.4. The molecule has 20 heavy (non-hydrogen) atoms. The Kier molecular flexibility index (Phi) is 4.41. The van der Waals surface area contributed by atoms with Crippen molar-refractivity contribution in [3.8, 4) is 0 Å². The van der Waals surface area contributed by atoms with Gasteiger partial charge >= 0.3 is 0 Å². The zero-order chi connectivity index (χ0) is 14.8. The highest BCUT2D eigenvalue weighted by Crippen LogP contribution is 2.61. The zero-order valence-corrected chi connectivity index (χ0v) is 13.9. The summed E-state index contributed by atoms with van der Waals surface area (Å²) in [6.07, 6.45) is 7.52. The van der Waals surface area contributed by atoms with Crippen molar-refractivity contribution in [1.29, 1.82) is 0 Å². The number of hydrogen-bond donors (Lipinski definition) is 0. The summed E-state index contributed by atoms with van der Waals surface area (Å²) in [5.74, 6) is 1.16. The van der Waals surface area contributed by atoms with Gasteiger partial charge in [0.25, 0.3) is 0 Å². The third-order valence-electron chi connectivity index (χ3n) is 5.60. The van der Waals surface area contributed by atoms with Crippen LogP contribution in [0.2, 0.25) is 0 Å². The van der Waals surface area contributed by atoms with Gasteiger partial charge in [0, 0.05) is 19.3 Å². The number of anilines is 1. The molecule has 2 fully saturated rings. The SMILES string of the molecule is CC.Cc1ccc(N2CCC3(CC2)CCC3(C)C)nc1.